The Bertz CT molecular complexity index is 803. The average Bonchev–Trinajstić information content (AvgIpc) is 2.63. The predicted molar refractivity (Wildman–Crippen MR) is 116 cm³/mol. The van der Waals surface area contributed by atoms with Crippen molar-refractivity contribution in [2.24, 2.45) is 5.92 Å². The first-order valence-corrected chi connectivity index (χ1v) is 10.9. The van der Waals surface area contributed by atoms with Crippen LogP contribution in [0.25, 0.3) is 0 Å². The first kappa shape index (κ1) is 21.7. The Morgan fingerprint density at radius 3 is 2.76 bits per heavy atom. The summed E-state index contributed by atoms with van der Waals surface area (Å²) >= 11 is 0. The lowest BCUT2D eigenvalue weighted by Crippen LogP contribution is -2.45. The number of fused-ring (bicyclic) bond motifs is 3. The molecule has 0 amide bonds. The Kier molecular flexibility index (Phi) is 6.03. The van der Waals surface area contributed by atoms with Crippen molar-refractivity contribution in [2.45, 2.75) is 90.6 Å². The second kappa shape index (κ2) is 8.04. The van der Waals surface area contributed by atoms with Gasteiger partial charge in [-0.25, -0.2) is 0 Å². The van der Waals surface area contributed by atoms with Crippen LogP contribution < -0.4 is 4.74 Å². The Morgan fingerprint density at radius 1 is 1.34 bits per heavy atom. The summed E-state index contributed by atoms with van der Waals surface area (Å²) < 4.78 is 11.9. The van der Waals surface area contributed by atoms with E-state index < -0.39 is 5.41 Å². The zero-order chi connectivity index (χ0) is 21.4. The number of phenolic OH excluding ortho intramolecular Hbond substituents is 1. The second-order valence-corrected chi connectivity index (χ2v) is 9.96. The summed E-state index contributed by atoms with van der Waals surface area (Å²) in [5.74, 6) is 1.52. The van der Waals surface area contributed by atoms with E-state index in [2.05, 4.69) is 33.8 Å². The molecule has 0 saturated heterocycles. The molecule has 0 radical (unpaired) electrons. The summed E-state index contributed by atoms with van der Waals surface area (Å²) in [7, 11) is 0. The maximum atomic E-state index is 12.0. The number of benzene rings is 1. The number of unbranched alkanes of at least 4 members (excludes halogenated alkanes) is 1. The first-order valence-electron chi connectivity index (χ1n) is 10.9. The van der Waals surface area contributed by atoms with Crippen LogP contribution in [-0.4, -0.2) is 23.3 Å². The van der Waals surface area contributed by atoms with Gasteiger partial charge in [-0.2, -0.15) is 0 Å². The zero-order valence-electron chi connectivity index (χ0n) is 18.8. The van der Waals surface area contributed by atoms with Gasteiger partial charge in [0.1, 0.15) is 23.7 Å². The van der Waals surface area contributed by atoms with E-state index in [1.165, 1.54) is 5.57 Å². The highest BCUT2D eigenvalue weighted by molar-refractivity contribution is 5.69. The van der Waals surface area contributed by atoms with Crippen LogP contribution in [-0.2, 0) is 14.9 Å². The molecule has 1 aromatic carbocycles. The third-order valence-electron chi connectivity index (χ3n) is 6.61. The Balaban J connectivity index is 1.88. The summed E-state index contributed by atoms with van der Waals surface area (Å²) in [4.78, 5) is 12.0. The largest absolute Gasteiger partial charge is 0.508 e. The van der Waals surface area contributed by atoms with Gasteiger partial charge in [0.25, 0.3) is 0 Å². The van der Waals surface area contributed by atoms with Crippen LogP contribution in [0.1, 0.15) is 90.7 Å². The molecule has 2 atom stereocenters. The van der Waals surface area contributed by atoms with Crippen LogP contribution in [0, 0.1) is 5.92 Å². The molecule has 0 aromatic heterocycles. The molecular weight excluding hydrogens is 364 g/mol. The van der Waals surface area contributed by atoms with Crippen molar-refractivity contribution in [1.82, 2.24) is 0 Å². The summed E-state index contributed by atoms with van der Waals surface area (Å²) in [6, 6.07) is 3.88. The van der Waals surface area contributed by atoms with Crippen LogP contribution in [0.15, 0.2) is 23.8 Å². The number of hydrogen-bond acceptors (Lipinski definition) is 4. The van der Waals surface area contributed by atoms with Gasteiger partial charge < -0.3 is 14.6 Å². The minimum atomic E-state index is -0.416. The molecule has 2 unspecified atom stereocenters. The number of rotatable bonds is 6. The van der Waals surface area contributed by atoms with Crippen molar-refractivity contribution in [2.75, 3.05) is 6.61 Å². The van der Waals surface area contributed by atoms with Crippen molar-refractivity contribution in [3.8, 4) is 11.5 Å². The fourth-order valence-electron chi connectivity index (χ4n) is 4.69. The van der Waals surface area contributed by atoms with Crippen LogP contribution >= 0.6 is 0 Å². The van der Waals surface area contributed by atoms with E-state index in [4.69, 9.17) is 9.47 Å². The van der Waals surface area contributed by atoms with Gasteiger partial charge in [0.15, 0.2) is 0 Å². The lowest BCUT2D eigenvalue weighted by molar-refractivity contribution is -0.145. The number of phenols is 1. The lowest BCUT2D eigenvalue weighted by Gasteiger charge is -2.47. The van der Waals surface area contributed by atoms with Gasteiger partial charge in [-0.3, -0.25) is 4.79 Å². The summed E-state index contributed by atoms with van der Waals surface area (Å²) in [5, 5.41) is 11.0. The maximum absolute atomic E-state index is 12.0. The molecule has 0 spiro atoms. The summed E-state index contributed by atoms with van der Waals surface area (Å²) in [6.07, 6.45) is 6.51. The minimum Gasteiger partial charge on any atom is -0.508 e. The molecule has 0 saturated carbocycles. The van der Waals surface area contributed by atoms with E-state index in [9.17, 15) is 9.90 Å². The van der Waals surface area contributed by atoms with E-state index in [1.807, 2.05) is 26.0 Å². The summed E-state index contributed by atoms with van der Waals surface area (Å²) in [6.45, 7) is 12.9. The molecule has 4 heteroatoms. The monoisotopic (exact) mass is 400 g/mol. The topological polar surface area (TPSA) is 55.8 Å². The van der Waals surface area contributed by atoms with E-state index in [0.29, 0.717) is 18.1 Å². The average molecular weight is 401 g/mol. The lowest BCUT2D eigenvalue weighted by atomic mass is 9.67. The molecule has 4 nitrogen and oxygen atoms in total. The molecule has 29 heavy (non-hydrogen) atoms. The number of carbonyl (C=O) groups excluding carboxylic acids is 1. The van der Waals surface area contributed by atoms with E-state index >= 15 is 0 Å². The fourth-order valence-corrected chi connectivity index (χ4v) is 4.69. The molecule has 1 heterocycles. The van der Waals surface area contributed by atoms with Crippen LogP contribution in [0.3, 0.4) is 0 Å². The van der Waals surface area contributed by atoms with Gasteiger partial charge in [-0.15, -0.1) is 0 Å². The number of esters is 1. The molecule has 0 fully saturated rings. The highest BCUT2D eigenvalue weighted by Crippen LogP contribution is 2.54. The van der Waals surface area contributed by atoms with Crippen molar-refractivity contribution in [1.29, 1.82) is 0 Å². The molecule has 2 aliphatic rings. The number of allylic oxidation sites excluding steroid dienone is 2. The first-order chi connectivity index (χ1) is 13.5. The van der Waals surface area contributed by atoms with Gasteiger partial charge in [-0.05, 0) is 57.7 Å². The molecule has 1 aliphatic carbocycles. The predicted octanol–water partition coefficient (Wildman–Crippen LogP) is 6.01. The fraction of sp³-hybridized carbons (Fsp3) is 0.640. The Hall–Kier alpha value is -1.97. The van der Waals surface area contributed by atoms with Crippen molar-refractivity contribution in [3.63, 3.8) is 0 Å². The van der Waals surface area contributed by atoms with Crippen molar-refractivity contribution >= 4 is 5.97 Å². The minimum absolute atomic E-state index is 0.160. The number of aromatic hydroxyl groups is 1. The SMILES string of the molecule is CCCCC(=O)OCC(C)(C)c1cc(O)c2c(c1)OC(C)(C)C1CC=C(C)CC21. The number of hydrogen-bond donors (Lipinski definition) is 1. The van der Waals surface area contributed by atoms with Crippen LogP contribution in [0.2, 0.25) is 0 Å². The van der Waals surface area contributed by atoms with E-state index in [0.717, 1.165) is 42.6 Å². The van der Waals surface area contributed by atoms with Gasteiger partial charge in [0.05, 0.1) is 0 Å². The zero-order valence-corrected chi connectivity index (χ0v) is 18.8. The third-order valence-corrected chi connectivity index (χ3v) is 6.61. The third kappa shape index (κ3) is 4.46. The number of ether oxygens (including phenoxy) is 2. The van der Waals surface area contributed by atoms with Crippen LogP contribution in [0.4, 0.5) is 0 Å². The van der Waals surface area contributed by atoms with E-state index in [1.54, 1.807) is 0 Å². The highest BCUT2D eigenvalue weighted by atomic mass is 16.5. The van der Waals surface area contributed by atoms with Gasteiger partial charge >= 0.3 is 5.97 Å². The standard InChI is InChI=1S/C25H36O4/c1-7-8-9-22(27)28-15-24(3,4)17-13-20(26)23-18-12-16(2)10-11-19(18)25(5,6)29-21(23)14-17/h10,13-14,18-19,26H,7-9,11-12,15H2,1-6H3. The number of carbonyl (C=O) groups is 1. The van der Waals surface area contributed by atoms with Gasteiger partial charge in [0.2, 0.25) is 0 Å². The molecule has 1 aromatic rings. The summed E-state index contributed by atoms with van der Waals surface area (Å²) in [5.41, 5.74) is 2.52. The molecule has 3 rings (SSSR count). The molecular formula is C25H36O4. The quantitative estimate of drug-likeness (QED) is 0.469. The smallest absolute Gasteiger partial charge is 0.305 e. The molecule has 1 N–H and O–H groups in total. The maximum Gasteiger partial charge on any atom is 0.305 e. The van der Waals surface area contributed by atoms with Gasteiger partial charge in [0, 0.05) is 29.2 Å². The second-order valence-electron chi connectivity index (χ2n) is 9.96. The Labute approximate surface area is 175 Å². The van der Waals surface area contributed by atoms with Gasteiger partial charge in [-0.1, -0.05) is 38.8 Å². The van der Waals surface area contributed by atoms with Crippen molar-refractivity contribution in [3.05, 3.63) is 34.9 Å². The molecule has 1 aliphatic heterocycles. The molecule has 160 valence electrons. The van der Waals surface area contributed by atoms with Crippen molar-refractivity contribution < 1.29 is 19.4 Å². The highest BCUT2D eigenvalue weighted by Gasteiger charge is 2.46. The normalized spacial score (nSPS) is 22.8. The van der Waals surface area contributed by atoms with E-state index in [-0.39, 0.29) is 24.1 Å². The molecule has 0 bridgehead atoms. The Morgan fingerprint density at radius 2 is 2.07 bits per heavy atom. The van der Waals surface area contributed by atoms with Crippen LogP contribution in [0.5, 0.6) is 11.5 Å².